The van der Waals surface area contributed by atoms with Crippen molar-refractivity contribution >= 4 is 0 Å². The molecule has 0 unspecified atom stereocenters. The van der Waals surface area contributed by atoms with Crippen molar-refractivity contribution in [1.82, 2.24) is 4.90 Å². The van der Waals surface area contributed by atoms with Crippen LogP contribution in [0.25, 0.3) is 0 Å². The largest absolute Gasteiger partial charge is 0.305 e. The van der Waals surface area contributed by atoms with Crippen LogP contribution in [0.2, 0.25) is 0 Å². The molecule has 1 nitrogen and oxygen atoms in total. The van der Waals surface area contributed by atoms with Gasteiger partial charge in [0.15, 0.2) is 0 Å². The van der Waals surface area contributed by atoms with Crippen LogP contribution in [0.5, 0.6) is 0 Å². The van der Waals surface area contributed by atoms with Crippen molar-refractivity contribution in [2.24, 2.45) is 5.41 Å². The van der Waals surface area contributed by atoms with Crippen molar-refractivity contribution < 1.29 is 0 Å². The number of hydrogen-bond acceptors (Lipinski definition) is 1. The molecule has 0 radical (unpaired) electrons. The highest BCUT2D eigenvalue weighted by molar-refractivity contribution is 4.88. The summed E-state index contributed by atoms with van der Waals surface area (Å²) in [7, 11) is 2.19. The lowest BCUT2D eigenvalue weighted by Crippen LogP contribution is -2.52. The molecule has 0 aromatic carbocycles. The third-order valence-electron chi connectivity index (χ3n) is 2.16. The Morgan fingerprint density at radius 2 is 1.73 bits per heavy atom. The first-order chi connectivity index (χ1) is 5.16. The Morgan fingerprint density at radius 3 is 2.00 bits per heavy atom. The minimum atomic E-state index is 0.670. The van der Waals surface area contributed by atoms with E-state index in [1.165, 1.54) is 25.9 Å². The van der Waals surface area contributed by atoms with Gasteiger partial charge in [0.2, 0.25) is 0 Å². The molecule has 0 N–H and O–H groups in total. The molecule has 1 heterocycles. The fraction of sp³-hybridized carbons (Fsp3) is 1.00. The van der Waals surface area contributed by atoms with Gasteiger partial charge in [-0.3, -0.25) is 0 Å². The summed E-state index contributed by atoms with van der Waals surface area (Å²) in [4.78, 5) is 2.38. The van der Waals surface area contributed by atoms with E-state index in [1.807, 2.05) is 13.8 Å². The van der Waals surface area contributed by atoms with Gasteiger partial charge in [-0.25, -0.2) is 0 Å². The van der Waals surface area contributed by atoms with Gasteiger partial charge in [0, 0.05) is 13.1 Å². The first kappa shape index (κ1) is 11.0. The summed E-state index contributed by atoms with van der Waals surface area (Å²) < 4.78 is 0. The Hall–Kier alpha value is -0.0400. The molecule has 0 saturated carbocycles. The van der Waals surface area contributed by atoms with Crippen LogP contribution in [0, 0.1) is 5.41 Å². The molecular weight excluding hydrogens is 134 g/mol. The van der Waals surface area contributed by atoms with E-state index in [9.17, 15) is 0 Å². The van der Waals surface area contributed by atoms with E-state index in [4.69, 9.17) is 0 Å². The normalized spacial score (nSPS) is 21.5. The molecule has 0 amide bonds. The molecule has 1 saturated heterocycles. The zero-order valence-corrected chi connectivity index (χ0v) is 8.78. The second-order valence-electron chi connectivity index (χ2n) is 3.73. The summed E-state index contributed by atoms with van der Waals surface area (Å²) in [6.45, 7) is 11.3. The molecule has 1 aliphatic heterocycles. The average Bonchev–Trinajstić information content (AvgIpc) is 1.90. The Kier molecular flexibility index (Phi) is 4.74. The summed E-state index contributed by atoms with van der Waals surface area (Å²) >= 11 is 0. The molecule has 1 rings (SSSR count). The number of hydrogen-bond donors (Lipinski definition) is 0. The Labute approximate surface area is 71.8 Å². The van der Waals surface area contributed by atoms with E-state index < -0.39 is 0 Å². The van der Waals surface area contributed by atoms with E-state index in [0.29, 0.717) is 5.41 Å². The summed E-state index contributed by atoms with van der Waals surface area (Å²) in [6, 6.07) is 0. The minimum Gasteiger partial charge on any atom is -0.305 e. The first-order valence-corrected chi connectivity index (χ1v) is 4.85. The van der Waals surface area contributed by atoms with Crippen LogP contribution in [0.15, 0.2) is 0 Å². The van der Waals surface area contributed by atoms with Gasteiger partial charge >= 0.3 is 0 Å². The van der Waals surface area contributed by atoms with Crippen LogP contribution >= 0.6 is 0 Å². The standard InChI is InChI=1S/C8H17N.C2H6/c1-4-5-8(2)6-9(3)7-8;1-2/h4-7H2,1-3H3;1-2H3. The molecule has 0 bridgehead atoms. The SMILES string of the molecule is CC.CCCC1(C)CN(C)C1. The molecule has 0 aromatic rings. The van der Waals surface area contributed by atoms with Crippen LogP contribution in [-0.2, 0) is 0 Å². The van der Waals surface area contributed by atoms with Crippen molar-refractivity contribution in [3.8, 4) is 0 Å². The maximum atomic E-state index is 2.39. The second kappa shape index (κ2) is 4.76. The van der Waals surface area contributed by atoms with Gasteiger partial charge in [-0.2, -0.15) is 0 Å². The lowest BCUT2D eigenvalue weighted by atomic mass is 9.79. The Balaban J connectivity index is 0.000000461. The fourth-order valence-electron chi connectivity index (χ4n) is 2.02. The summed E-state index contributed by atoms with van der Waals surface area (Å²) in [6.07, 6.45) is 2.74. The molecule has 1 fully saturated rings. The molecule has 68 valence electrons. The van der Waals surface area contributed by atoms with Gasteiger partial charge in [0.25, 0.3) is 0 Å². The van der Waals surface area contributed by atoms with Gasteiger partial charge in [0.05, 0.1) is 0 Å². The molecule has 11 heavy (non-hydrogen) atoms. The summed E-state index contributed by atoms with van der Waals surface area (Å²) in [5.41, 5.74) is 0.670. The molecule has 0 aromatic heterocycles. The zero-order valence-electron chi connectivity index (χ0n) is 8.78. The van der Waals surface area contributed by atoms with Crippen molar-refractivity contribution in [3.63, 3.8) is 0 Å². The van der Waals surface area contributed by atoms with Gasteiger partial charge in [-0.15, -0.1) is 0 Å². The second-order valence-corrected chi connectivity index (χ2v) is 3.73. The van der Waals surface area contributed by atoms with Gasteiger partial charge in [-0.05, 0) is 18.9 Å². The van der Waals surface area contributed by atoms with Crippen LogP contribution < -0.4 is 0 Å². The molecule has 0 spiro atoms. The molecular formula is C10H23N. The van der Waals surface area contributed by atoms with E-state index in [0.717, 1.165) is 0 Å². The number of likely N-dealkylation sites (tertiary alicyclic amines) is 1. The summed E-state index contributed by atoms with van der Waals surface area (Å²) in [5.74, 6) is 0. The predicted octanol–water partition coefficient (Wildman–Crippen LogP) is 2.76. The van der Waals surface area contributed by atoms with E-state index in [2.05, 4.69) is 25.8 Å². The Bertz CT molecular complexity index is 87.5. The van der Waals surface area contributed by atoms with Crippen LogP contribution in [0.1, 0.15) is 40.5 Å². The van der Waals surface area contributed by atoms with Crippen LogP contribution in [0.4, 0.5) is 0 Å². The van der Waals surface area contributed by atoms with Crippen LogP contribution in [0.3, 0.4) is 0 Å². The minimum absolute atomic E-state index is 0.670. The average molecular weight is 157 g/mol. The van der Waals surface area contributed by atoms with E-state index >= 15 is 0 Å². The fourth-order valence-corrected chi connectivity index (χ4v) is 2.02. The summed E-state index contributed by atoms with van der Waals surface area (Å²) in [5, 5.41) is 0. The van der Waals surface area contributed by atoms with Crippen LogP contribution in [-0.4, -0.2) is 25.0 Å². The predicted molar refractivity (Wildman–Crippen MR) is 51.9 cm³/mol. The zero-order chi connectivity index (χ0) is 8.91. The quantitative estimate of drug-likeness (QED) is 0.596. The lowest BCUT2D eigenvalue weighted by molar-refractivity contribution is 0.0311. The van der Waals surface area contributed by atoms with Crippen molar-refractivity contribution in [1.29, 1.82) is 0 Å². The smallest absolute Gasteiger partial charge is 0.00448 e. The highest BCUT2D eigenvalue weighted by Crippen LogP contribution is 2.32. The maximum Gasteiger partial charge on any atom is 0.00448 e. The highest BCUT2D eigenvalue weighted by atomic mass is 15.2. The number of rotatable bonds is 2. The van der Waals surface area contributed by atoms with Crippen molar-refractivity contribution in [3.05, 3.63) is 0 Å². The highest BCUT2D eigenvalue weighted by Gasteiger charge is 2.34. The third kappa shape index (κ3) is 3.24. The molecule has 0 atom stereocenters. The third-order valence-corrected chi connectivity index (χ3v) is 2.16. The van der Waals surface area contributed by atoms with E-state index in [1.54, 1.807) is 0 Å². The molecule has 1 heteroatoms. The molecule has 0 aliphatic carbocycles. The van der Waals surface area contributed by atoms with Gasteiger partial charge < -0.3 is 4.90 Å². The Morgan fingerprint density at radius 1 is 1.27 bits per heavy atom. The van der Waals surface area contributed by atoms with Crippen molar-refractivity contribution in [2.45, 2.75) is 40.5 Å². The number of nitrogens with zero attached hydrogens (tertiary/aromatic N) is 1. The monoisotopic (exact) mass is 157 g/mol. The maximum absolute atomic E-state index is 2.39. The van der Waals surface area contributed by atoms with Crippen molar-refractivity contribution in [2.75, 3.05) is 20.1 Å². The first-order valence-electron chi connectivity index (χ1n) is 4.85. The van der Waals surface area contributed by atoms with Gasteiger partial charge in [-0.1, -0.05) is 34.1 Å². The van der Waals surface area contributed by atoms with E-state index in [-0.39, 0.29) is 0 Å². The topological polar surface area (TPSA) is 3.24 Å². The van der Waals surface area contributed by atoms with Gasteiger partial charge in [0.1, 0.15) is 0 Å². The lowest BCUT2D eigenvalue weighted by Gasteiger charge is -2.46. The molecule has 1 aliphatic rings.